The van der Waals surface area contributed by atoms with E-state index in [1.54, 1.807) is 30.5 Å². The van der Waals surface area contributed by atoms with Crippen LogP contribution in [0.1, 0.15) is 25.3 Å². The number of nitrogens with zero attached hydrogens (tertiary/aromatic N) is 2. The fourth-order valence-corrected chi connectivity index (χ4v) is 3.21. The van der Waals surface area contributed by atoms with E-state index in [2.05, 4.69) is 34.6 Å². The molecule has 0 radical (unpaired) electrons. The lowest BCUT2D eigenvalue weighted by Crippen LogP contribution is -2.07. The summed E-state index contributed by atoms with van der Waals surface area (Å²) in [6, 6.07) is 12.8. The van der Waals surface area contributed by atoms with E-state index in [4.69, 9.17) is 11.6 Å². The van der Waals surface area contributed by atoms with Crippen molar-refractivity contribution in [3.8, 4) is 0 Å². The predicted octanol–water partition coefficient (Wildman–Crippen LogP) is 4.54. The summed E-state index contributed by atoms with van der Waals surface area (Å²) >= 11 is 5.84. The minimum Gasteiger partial charge on any atom is -0.284 e. The van der Waals surface area contributed by atoms with E-state index in [0.717, 1.165) is 16.6 Å². The Bertz CT molecular complexity index is 865. The van der Waals surface area contributed by atoms with E-state index in [9.17, 15) is 4.21 Å². The van der Waals surface area contributed by atoms with Crippen molar-refractivity contribution in [2.24, 2.45) is 0 Å². The van der Waals surface area contributed by atoms with Crippen molar-refractivity contribution in [2.75, 3.05) is 4.72 Å². The van der Waals surface area contributed by atoms with E-state index in [1.165, 1.54) is 0 Å². The Morgan fingerprint density at radius 1 is 1.13 bits per heavy atom. The van der Waals surface area contributed by atoms with Gasteiger partial charge in [0.25, 0.3) is 0 Å². The highest BCUT2D eigenvalue weighted by Gasteiger charge is 2.10. The Morgan fingerprint density at radius 2 is 1.87 bits per heavy atom. The quantitative estimate of drug-likeness (QED) is 0.755. The molecule has 0 amide bonds. The number of hydrogen-bond donors (Lipinski definition) is 1. The van der Waals surface area contributed by atoms with Gasteiger partial charge in [-0.1, -0.05) is 37.6 Å². The first-order chi connectivity index (χ1) is 11.0. The molecule has 0 aliphatic rings. The average molecular weight is 346 g/mol. The Balaban J connectivity index is 1.89. The number of halogens is 1. The molecule has 2 aromatic carbocycles. The number of benzene rings is 2. The summed E-state index contributed by atoms with van der Waals surface area (Å²) in [7, 11) is -1.41. The van der Waals surface area contributed by atoms with Gasteiger partial charge < -0.3 is 0 Å². The third-order valence-corrected chi connectivity index (χ3v) is 4.80. The Kier molecular flexibility index (Phi) is 4.59. The number of anilines is 1. The van der Waals surface area contributed by atoms with Gasteiger partial charge >= 0.3 is 0 Å². The van der Waals surface area contributed by atoms with Gasteiger partial charge in [-0.25, -0.2) is 9.19 Å². The van der Waals surface area contributed by atoms with Crippen LogP contribution in [0.3, 0.4) is 0 Å². The summed E-state index contributed by atoms with van der Waals surface area (Å²) in [6.45, 7) is 4.25. The highest BCUT2D eigenvalue weighted by Crippen LogP contribution is 2.23. The third kappa shape index (κ3) is 3.51. The van der Waals surface area contributed by atoms with Crippen molar-refractivity contribution in [3.05, 3.63) is 59.2 Å². The molecule has 1 unspecified atom stereocenters. The molecule has 3 aromatic rings. The average Bonchev–Trinajstić information content (AvgIpc) is 2.54. The summed E-state index contributed by atoms with van der Waals surface area (Å²) < 4.78 is 15.2. The normalized spacial score (nSPS) is 12.5. The van der Waals surface area contributed by atoms with Crippen molar-refractivity contribution in [3.63, 3.8) is 0 Å². The lowest BCUT2D eigenvalue weighted by molar-refractivity contribution is 0.686. The van der Waals surface area contributed by atoms with Gasteiger partial charge in [0.05, 0.1) is 22.1 Å². The van der Waals surface area contributed by atoms with E-state index in [0.29, 0.717) is 21.7 Å². The van der Waals surface area contributed by atoms with Crippen molar-refractivity contribution >= 4 is 39.4 Å². The summed E-state index contributed by atoms with van der Waals surface area (Å²) in [5.74, 6) is 0.849. The van der Waals surface area contributed by atoms with Crippen molar-refractivity contribution in [1.29, 1.82) is 0 Å². The van der Waals surface area contributed by atoms with Gasteiger partial charge in [-0.2, -0.15) is 0 Å². The largest absolute Gasteiger partial charge is 0.284 e. The number of aromatic nitrogens is 2. The smallest absolute Gasteiger partial charge is 0.157 e. The van der Waals surface area contributed by atoms with Gasteiger partial charge in [-0.3, -0.25) is 9.71 Å². The minimum absolute atomic E-state index is 0.370. The molecular weight excluding hydrogens is 330 g/mol. The summed E-state index contributed by atoms with van der Waals surface area (Å²) in [5, 5.41) is 0.609. The van der Waals surface area contributed by atoms with Gasteiger partial charge in [-0.15, -0.1) is 0 Å². The third-order valence-electron chi connectivity index (χ3n) is 3.45. The first-order valence-electron chi connectivity index (χ1n) is 7.24. The van der Waals surface area contributed by atoms with Gasteiger partial charge in [-0.05, 0) is 41.8 Å². The lowest BCUT2D eigenvalue weighted by atomic mass is 10.0. The van der Waals surface area contributed by atoms with E-state index >= 15 is 0 Å². The molecule has 1 atom stereocenters. The minimum atomic E-state index is -1.41. The number of nitrogens with one attached hydrogen (secondary N) is 1. The van der Waals surface area contributed by atoms with Crippen LogP contribution in [0.5, 0.6) is 0 Å². The van der Waals surface area contributed by atoms with Crippen LogP contribution in [0.25, 0.3) is 11.0 Å². The molecule has 118 valence electrons. The molecule has 0 aliphatic heterocycles. The van der Waals surface area contributed by atoms with E-state index in [1.807, 2.05) is 12.1 Å². The SMILES string of the molecule is CC(C)c1cccc2nc(NS(=O)c3ccc(Cl)cc3)cnc12. The molecule has 0 aliphatic carbocycles. The first kappa shape index (κ1) is 15.9. The van der Waals surface area contributed by atoms with Crippen LogP contribution in [0.2, 0.25) is 5.02 Å². The highest BCUT2D eigenvalue weighted by atomic mass is 35.5. The van der Waals surface area contributed by atoms with Crippen molar-refractivity contribution in [1.82, 2.24) is 9.97 Å². The second kappa shape index (κ2) is 6.64. The number of hydrogen-bond acceptors (Lipinski definition) is 3. The number of rotatable bonds is 4. The zero-order valence-electron chi connectivity index (χ0n) is 12.8. The molecule has 1 N–H and O–H groups in total. The molecule has 23 heavy (non-hydrogen) atoms. The maximum Gasteiger partial charge on any atom is 0.157 e. The lowest BCUT2D eigenvalue weighted by Gasteiger charge is -2.10. The molecule has 0 bridgehead atoms. The Morgan fingerprint density at radius 3 is 2.57 bits per heavy atom. The molecule has 0 fully saturated rings. The van der Waals surface area contributed by atoms with Gasteiger partial charge in [0.1, 0.15) is 0 Å². The maximum atomic E-state index is 12.3. The second-order valence-electron chi connectivity index (χ2n) is 5.45. The topological polar surface area (TPSA) is 54.9 Å². The van der Waals surface area contributed by atoms with E-state index < -0.39 is 11.0 Å². The van der Waals surface area contributed by atoms with Crippen molar-refractivity contribution < 1.29 is 4.21 Å². The molecular formula is C17H16ClN3OS. The van der Waals surface area contributed by atoms with Crippen LogP contribution in [0.4, 0.5) is 5.82 Å². The highest BCUT2D eigenvalue weighted by molar-refractivity contribution is 7.86. The zero-order chi connectivity index (χ0) is 16.4. The summed E-state index contributed by atoms with van der Waals surface area (Å²) in [4.78, 5) is 9.62. The van der Waals surface area contributed by atoms with Crippen LogP contribution in [-0.4, -0.2) is 14.2 Å². The monoisotopic (exact) mass is 345 g/mol. The van der Waals surface area contributed by atoms with Gasteiger partial charge in [0, 0.05) is 5.02 Å². The Hall–Kier alpha value is -1.98. The summed E-state index contributed by atoms with van der Waals surface area (Å²) in [6.07, 6.45) is 1.61. The standard InChI is InChI=1S/C17H16ClN3OS/c1-11(2)14-4-3-5-15-17(14)19-10-16(20-15)21-23(22)13-8-6-12(18)7-9-13/h3-11H,1-2H3,(H,20,21). The molecule has 0 spiro atoms. The predicted molar refractivity (Wildman–Crippen MR) is 95.1 cm³/mol. The maximum absolute atomic E-state index is 12.3. The molecule has 0 saturated heterocycles. The van der Waals surface area contributed by atoms with Crippen LogP contribution in [0, 0.1) is 0 Å². The van der Waals surface area contributed by atoms with E-state index in [-0.39, 0.29) is 0 Å². The number of fused-ring (bicyclic) bond motifs is 1. The summed E-state index contributed by atoms with van der Waals surface area (Å²) in [5.41, 5.74) is 2.82. The van der Waals surface area contributed by atoms with Crippen LogP contribution >= 0.6 is 11.6 Å². The zero-order valence-corrected chi connectivity index (χ0v) is 14.4. The molecule has 3 rings (SSSR count). The van der Waals surface area contributed by atoms with Crippen LogP contribution in [0.15, 0.2) is 53.6 Å². The fourth-order valence-electron chi connectivity index (χ4n) is 2.29. The van der Waals surface area contributed by atoms with Crippen molar-refractivity contribution in [2.45, 2.75) is 24.7 Å². The molecule has 1 aromatic heterocycles. The Labute approximate surface area is 142 Å². The number of para-hydroxylation sites is 1. The molecule has 1 heterocycles. The molecule has 6 heteroatoms. The van der Waals surface area contributed by atoms with Crippen LogP contribution < -0.4 is 4.72 Å². The molecule has 0 saturated carbocycles. The van der Waals surface area contributed by atoms with Gasteiger partial charge in [0.15, 0.2) is 16.8 Å². The van der Waals surface area contributed by atoms with Gasteiger partial charge in [0.2, 0.25) is 0 Å². The molecule has 4 nitrogen and oxygen atoms in total. The first-order valence-corrected chi connectivity index (χ1v) is 8.77. The second-order valence-corrected chi connectivity index (χ2v) is 7.10. The fraction of sp³-hybridized carbons (Fsp3) is 0.176. The van der Waals surface area contributed by atoms with Crippen LogP contribution in [-0.2, 0) is 11.0 Å².